The molecule has 4 saturated carbocycles. The van der Waals surface area contributed by atoms with E-state index in [9.17, 15) is 9.90 Å². The highest BCUT2D eigenvalue weighted by molar-refractivity contribution is 5.76. The van der Waals surface area contributed by atoms with E-state index in [-0.39, 0.29) is 39.1 Å². The Kier molecular flexibility index (Phi) is 5.38. The minimum absolute atomic E-state index is 0.00391. The van der Waals surface area contributed by atoms with Crippen molar-refractivity contribution >= 4 is 5.97 Å². The molecule has 3 unspecified atom stereocenters. The zero-order chi connectivity index (χ0) is 24.9. The molecule has 0 aliphatic heterocycles. The molecule has 5 aliphatic rings. The largest absolute Gasteiger partial charge is 0.469 e. The van der Waals surface area contributed by atoms with Crippen LogP contribution in [0.25, 0.3) is 0 Å². The lowest BCUT2D eigenvalue weighted by atomic mass is 9.33. The number of rotatable bonds is 1. The lowest BCUT2D eigenvalue weighted by Gasteiger charge is -2.71. The zero-order valence-electron chi connectivity index (χ0n) is 23.2. The van der Waals surface area contributed by atoms with E-state index >= 15 is 0 Å². The third kappa shape index (κ3) is 2.94. The van der Waals surface area contributed by atoms with Gasteiger partial charge >= 0.3 is 5.97 Å². The average molecular weight is 471 g/mol. The molecule has 0 aromatic carbocycles. The Morgan fingerprint density at radius 2 is 1.59 bits per heavy atom. The maximum Gasteiger partial charge on any atom is 0.311 e. The number of allylic oxidation sites excluding steroid dienone is 2. The molecular formula is C31H50O3. The highest BCUT2D eigenvalue weighted by Crippen LogP contribution is 2.75. The normalized spacial score (nSPS) is 54.0. The Morgan fingerprint density at radius 3 is 2.26 bits per heavy atom. The summed E-state index contributed by atoms with van der Waals surface area (Å²) < 4.78 is 5.29. The molecule has 0 amide bonds. The number of aliphatic hydroxyl groups is 1. The van der Waals surface area contributed by atoms with Crippen LogP contribution in [0.15, 0.2) is 11.6 Å². The predicted molar refractivity (Wildman–Crippen MR) is 137 cm³/mol. The smallest absolute Gasteiger partial charge is 0.311 e. The number of hydrogen-bond donors (Lipinski definition) is 1. The second-order valence-corrected chi connectivity index (χ2v) is 15.1. The van der Waals surface area contributed by atoms with Crippen molar-refractivity contribution < 1.29 is 14.6 Å². The monoisotopic (exact) mass is 470 g/mol. The Labute approximate surface area is 208 Å². The molecule has 34 heavy (non-hydrogen) atoms. The first-order valence-corrected chi connectivity index (χ1v) is 14.2. The molecule has 0 spiro atoms. The first-order chi connectivity index (χ1) is 15.7. The number of methoxy groups -OCH3 is 1. The van der Waals surface area contributed by atoms with Gasteiger partial charge in [-0.1, -0.05) is 53.2 Å². The summed E-state index contributed by atoms with van der Waals surface area (Å²) in [5.41, 5.74) is 2.39. The van der Waals surface area contributed by atoms with Crippen molar-refractivity contribution in [2.75, 3.05) is 7.11 Å². The molecule has 5 aliphatic carbocycles. The third-order valence-corrected chi connectivity index (χ3v) is 13.5. The molecule has 3 nitrogen and oxygen atoms in total. The quantitative estimate of drug-likeness (QED) is 0.322. The Hall–Kier alpha value is -0.830. The van der Waals surface area contributed by atoms with Crippen molar-refractivity contribution in [1.82, 2.24) is 0 Å². The van der Waals surface area contributed by atoms with Crippen LogP contribution in [0.2, 0.25) is 0 Å². The van der Waals surface area contributed by atoms with Crippen molar-refractivity contribution in [2.45, 2.75) is 119 Å². The van der Waals surface area contributed by atoms with E-state index in [1.807, 2.05) is 0 Å². The number of carbonyl (C=O) groups excluding carboxylic acids is 1. The summed E-state index contributed by atoms with van der Waals surface area (Å²) in [6, 6.07) is 0. The lowest BCUT2D eigenvalue weighted by Crippen LogP contribution is -2.64. The summed E-state index contributed by atoms with van der Waals surface area (Å²) in [5, 5.41) is 10.9. The first-order valence-electron chi connectivity index (χ1n) is 14.2. The lowest BCUT2D eigenvalue weighted by molar-refractivity contribution is -0.203. The maximum atomic E-state index is 12.8. The summed E-state index contributed by atoms with van der Waals surface area (Å²) in [6.07, 6.45) is 13.8. The molecule has 0 aromatic heterocycles. The van der Waals surface area contributed by atoms with Gasteiger partial charge in [0, 0.05) is 0 Å². The fraction of sp³-hybridized carbons (Fsp3) is 0.903. The van der Waals surface area contributed by atoms with Crippen LogP contribution in [0, 0.1) is 50.2 Å². The number of aliphatic hydroxyl groups excluding tert-OH is 1. The predicted octanol–water partition coefficient (Wildman–Crippen LogP) is 7.32. The molecule has 5 rings (SSSR count). The van der Waals surface area contributed by atoms with Crippen LogP contribution >= 0.6 is 0 Å². The second kappa shape index (κ2) is 7.36. The second-order valence-electron chi connectivity index (χ2n) is 15.1. The van der Waals surface area contributed by atoms with Crippen LogP contribution in [0.3, 0.4) is 0 Å². The third-order valence-electron chi connectivity index (χ3n) is 13.5. The molecule has 0 bridgehead atoms. The summed E-state index contributed by atoms with van der Waals surface area (Å²) in [5.74, 6) is 1.72. The van der Waals surface area contributed by atoms with Gasteiger partial charge in [0.1, 0.15) is 0 Å². The SMILES string of the molecule is COC(=O)[C@@]1(C)CC[C@]2(C)CC[C@]3(C)C(=CCC4[C@@]5(C)CCC(O)C(C)(C)C5CC[C@]43C)[C@@H]2C1. The number of carbonyl (C=O) groups is 1. The molecule has 0 heterocycles. The van der Waals surface area contributed by atoms with Crippen molar-refractivity contribution in [3.63, 3.8) is 0 Å². The fourth-order valence-corrected chi connectivity index (χ4v) is 10.8. The standard InChI is InChI=1S/C31H50O3/c1-26(2)22-11-14-31(7)23(29(22,5)13-12-24(26)32)10-9-20-21-19-28(4,25(33)34-8)16-15-27(21,3)17-18-30(20,31)6/h9,21-24,32H,10-19H2,1-8H3/t21-,22?,23?,24?,27+,28-,29-,30+,31+/m0/s1. The van der Waals surface area contributed by atoms with Gasteiger partial charge in [-0.15, -0.1) is 0 Å². The Balaban J connectivity index is 1.56. The molecule has 1 N–H and O–H groups in total. The zero-order valence-corrected chi connectivity index (χ0v) is 23.2. The summed E-state index contributed by atoms with van der Waals surface area (Å²) in [6.45, 7) is 17.1. The summed E-state index contributed by atoms with van der Waals surface area (Å²) in [4.78, 5) is 12.8. The fourth-order valence-electron chi connectivity index (χ4n) is 10.8. The van der Waals surface area contributed by atoms with Crippen LogP contribution in [-0.4, -0.2) is 24.3 Å². The van der Waals surface area contributed by atoms with E-state index in [0.717, 1.165) is 32.1 Å². The van der Waals surface area contributed by atoms with Gasteiger partial charge in [0.25, 0.3) is 0 Å². The summed E-state index contributed by atoms with van der Waals surface area (Å²) in [7, 11) is 1.56. The van der Waals surface area contributed by atoms with Gasteiger partial charge in [-0.2, -0.15) is 0 Å². The van der Waals surface area contributed by atoms with Gasteiger partial charge in [-0.05, 0) is 116 Å². The average Bonchev–Trinajstić information content (AvgIpc) is 2.77. The van der Waals surface area contributed by atoms with Crippen molar-refractivity contribution in [2.24, 2.45) is 50.2 Å². The van der Waals surface area contributed by atoms with E-state index < -0.39 is 0 Å². The van der Waals surface area contributed by atoms with Crippen LogP contribution in [-0.2, 0) is 9.53 Å². The molecule has 192 valence electrons. The number of esters is 1. The molecule has 0 saturated heterocycles. The molecule has 9 atom stereocenters. The van der Waals surface area contributed by atoms with Crippen molar-refractivity contribution in [3.05, 3.63) is 11.6 Å². The first kappa shape index (κ1) is 24.8. The number of ether oxygens (including phenoxy) is 1. The van der Waals surface area contributed by atoms with Gasteiger partial charge in [-0.3, -0.25) is 4.79 Å². The highest BCUT2D eigenvalue weighted by atomic mass is 16.5. The Morgan fingerprint density at radius 1 is 0.912 bits per heavy atom. The van der Waals surface area contributed by atoms with Gasteiger partial charge in [0.2, 0.25) is 0 Å². The van der Waals surface area contributed by atoms with Crippen molar-refractivity contribution in [3.8, 4) is 0 Å². The van der Waals surface area contributed by atoms with E-state index in [1.54, 1.807) is 12.7 Å². The van der Waals surface area contributed by atoms with Gasteiger partial charge in [0.05, 0.1) is 18.6 Å². The molecule has 0 aromatic rings. The minimum atomic E-state index is -0.358. The van der Waals surface area contributed by atoms with Gasteiger partial charge in [0.15, 0.2) is 0 Å². The summed E-state index contributed by atoms with van der Waals surface area (Å²) >= 11 is 0. The minimum Gasteiger partial charge on any atom is -0.469 e. The number of fused-ring (bicyclic) bond motifs is 7. The van der Waals surface area contributed by atoms with Crippen LogP contribution in [0.4, 0.5) is 0 Å². The van der Waals surface area contributed by atoms with E-state index in [1.165, 1.54) is 32.1 Å². The molecule has 0 radical (unpaired) electrons. The van der Waals surface area contributed by atoms with Crippen molar-refractivity contribution in [1.29, 1.82) is 0 Å². The van der Waals surface area contributed by atoms with Crippen LogP contribution in [0.5, 0.6) is 0 Å². The molecule has 3 heteroatoms. The molecular weight excluding hydrogens is 420 g/mol. The highest BCUT2D eigenvalue weighted by Gasteiger charge is 2.68. The van der Waals surface area contributed by atoms with E-state index in [2.05, 4.69) is 54.5 Å². The van der Waals surface area contributed by atoms with E-state index in [0.29, 0.717) is 23.2 Å². The van der Waals surface area contributed by atoms with Gasteiger partial charge < -0.3 is 9.84 Å². The van der Waals surface area contributed by atoms with Crippen LogP contribution in [0.1, 0.15) is 113 Å². The molecule has 4 fully saturated rings. The maximum absolute atomic E-state index is 12.8. The van der Waals surface area contributed by atoms with Crippen LogP contribution < -0.4 is 0 Å². The number of hydrogen-bond acceptors (Lipinski definition) is 3. The topological polar surface area (TPSA) is 46.5 Å². The van der Waals surface area contributed by atoms with Gasteiger partial charge in [-0.25, -0.2) is 0 Å². The Bertz CT molecular complexity index is 904. The van der Waals surface area contributed by atoms with E-state index in [4.69, 9.17) is 4.74 Å².